The molecule has 0 aliphatic heterocycles. The Labute approximate surface area is 117 Å². The van der Waals surface area contributed by atoms with E-state index in [4.69, 9.17) is 5.11 Å². The second kappa shape index (κ2) is 6.78. The van der Waals surface area contributed by atoms with Gasteiger partial charge in [0.25, 0.3) is 0 Å². The van der Waals surface area contributed by atoms with E-state index in [1.807, 2.05) is 13.8 Å². The van der Waals surface area contributed by atoms with Crippen molar-refractivity contribution < 1.29 is 23.1 Å². The number of carbonyl (C=O) groups excluding carboxylic acids is 1. The highest BCUT2D eigenvalue weighted by molar-refractivity contribution is 5.78. The van der Waals surface area contributed by atoms with Gasteiger partial charge in [0.1, 0.15) is 0 Å². The highest BCUT2D eigenvalue weighted by Gasteiger charge is 2.43. The lowest BCUT2D eigenvalue weighted by molar-refractivity contribution is -0.186. The molecule has 1 aliphatic rings. The van der Waals surface area contributed by atoms with Crippen molar-refractivity contribution in [2.45, 2.75) is 52.1 Å². The normalized spacial score (nSPS) is 24.5. The van der Waals surface area contributed by atoms with E-state index < -0.39 is 18.0 Å². The first kappa shape index (κ1) is 17.3. The summed E-state index contributed by atoms with van der Waals surface area (Å²) in [5.74, 6) is -2.18. The predicted octanol–water partition coefficient (Wildman–Crippen LogP) is 2.88. The SMILES string of the molecule is CC(C)(CCO)CNC(=O)C1CCCC(C(F)(F)F)C1. The van der Waals surface area contributed by atoms with E-state index in [9.17, 15) is 18.0 Å². The van der Waals surface area contributed by atoms with E-state index >= 15 is 0 Å². The van der Waals surface area contributed by atoms with Crippen LogP contribution in [-0.4, -0.2) is 30.3 Å². The molecule has 0 saturated heterocycles. The summed E-state index contributed by atoms with van der Waals surface area (Å²) in [6, 6.07) is 0. The number of rotatable bonds is 5. The zero-order chi connectivity index (χ0) is 15.4. The molecule has 1 rings (SSSR count). The fourth-order valence-corrected chi connectivity index (χ4v) is 2.59. The number of hydrogen-bond acceptors (Lipinski definition) is 2. The first-order valence-corrected chi connectivity index (χ1v) is 7.11. The van der Waals surface area contributed by atoms with Crippen molar-refractivity contribution in [3.63, 3.8) is 0 Å². The lowest BCUT2D eigenvalue weighted by atomic mass is 9.80. The van der Waals surface area contributed by atoms with Crippen molar-refractivity contribution in [2.75, 3.05) is 13.2 Å². The summed E-state index contributed by atoms with van der Waals surface area (Å²) in [7, 11) is 0. The molecule has 3 nitrogen and oxygen atoms in total. The van der Waals surface area contributed by atoms with Gasteiger partial charge in [0.15, 0.2) is 0 Å². The Morgan fingerprint density at radius 1 is 1.30 bits per heavy atom. The molecule has 0 heterocycles. The van der Waals surface area contributed by atoms with Crippen LogP contribution in [0.2, 0.25) is 0 Å². The zero-order valence-corrected chi connectivity index (χ0v) is 12.1. The lowest BCUT2D eigenvalue weighted by Gasteiger charge is -2.31. The molecule has 0 aromatic rings. The van der Waals surface area contributed by atoms with E-state index in [2.05, 4.69) is 5.32 Å². The molecule has 0 aromatic heterocycles. The summed E-state index contributed by atoms with van der Waals surface area (Å²) in [4.78, 5) is 12.0. The number of nitrogens with one attached hydrogen (secondary N) is 1. The Balaban J connectivity index is 2.47. The monoisotopic (exact) mass is 295 g/mol. The predicted molar refractivity (Wildman–Crippen MR) is 70.0 cm³/mol. The number of carbonyl (C=O) groups is 1. The van der Waals surface area contributed by atoms with Gasteiger partial charge in [-0.3, -0.25) is 4.79 Å². The Morgan fingerprint density at radius 3 is 2.50 bits per heavy atom. The molecule has 0 aromatic carbocycles. The first-order valence-electron chi connectivity index (χ1n) is 7.11. The van der Waals surface area contributed by atoms with Gasteiger partial charge in [-0.05, 0) is 31.1 Å². The highest BCUT2D eigenvalue weighted by atomic mass is 19.4. The summed E-state index contributed by atoms with van der Waals surface area (Å²) in [5, 5.41) is 11.6. The molecule has 1 aliphatic carbocycles. The standard InChI is InChI=1S/C14H24F3NO2/c1-13(2,6-7-19)9-18-12(20)10-4-3-5-11(8-10)14(15,16)17/h10-11,19H,3-9H2,1-2H3,(H,18,20). The van der Waals surface area contributed by atoms with Crippen LogP contribution < -0.4 is 5.32 Å². The molecule has 0 bridgehead atoms. The summed E-state index contributed by atoms with van der Waals surface area (Å²) in [5.41, 5.74) is -0.248. The Bertz CT molecular complexity index is 329. The van der Waals surface area contributed by atoms with E-state index in [0.29, 0.717) is 25.8 Å². The maximum Gasteiger partial charge on any atom is 0.391 e. The van der Waals surface area contributed by atoms with Gasteiger partial charge in [-0.2, -0.15) is 13.2 Å². The van der Waals surface area contributed by atoms with Crippen molar-refractivity contribution in [2.24, 2.45) is 17.3 Å². The molecule has 2 N–H and O–H groups in total. The molecule has 118 valence electrons. The van der Waals surface area contributed by atoms with Crippen LogP contribution in [0.3, 0.4) is 0 Å². The summed E-state index contributed by atoms with van der Waals surface area (Å²) in [6.07, 6.45) is -2.65. The maximum absolute atomic E-state index is 12.7. The van der Waals surface area contributed by atoms with Crippen LogP contribution in [0.5, 0.6) is 0 Å². The molecule has 2 atom stereocenters. The molecule has 1 fully saturated rings. The van der Waals surface area contributed by atoms with E-state index in [-0.39, 0.29) is 30.8 Å². The molecule has 1 amide bonds. The second-order valence-electron chi connectivity index (χ2n) is 6.46. The number of aliphatic hydroxyl groups excluding tert-OH is 1. The number of amides is 1. The van der Waals surface area contributed by atoms with Crippen LogP contribution in [0.4, 0.5) is 13.2 Å². The van der Waals surface area contributed by atoms with Gasteiger partial charge in [0.2, 0.25) is 5.91 Å². The summed E-state index contributed by atoms with van der Waals surface area (Å²) in [6.45, 7) is 4.22. The minimum absolute atomic E-state index is 0.0302. The summed E-state index contributed by atoms with van der Waals surface area (Å²) >= 11 is 0. The van der Waals surface area contributed by atoms with Crippen molar-refractivity contribution in [1.29, 1.82) is 0 Å². The molecule has 1 saturated carbocycles. The van der Waals surface area contributed by atoms with Crippen LogP contribution in [0.15, 0.2) is 0 Å². The van der Waals surface area contributed by atoms with Crippen LogP contribution in [0, 0.1) is 17.3 Å². The molecular formula is C14H24F3NO2. The smallest absolute Gasteiger partial charge is 0.391 e. The minimum atomic E-state index is -4.20. The van der Waals surface area contributed by atoms with Crippen molar-refractivity contribution >= 4 is 5.91 Å². The van der Waals surface area contributed by atoms with E-state index in [1.165, 1.54) is 0 Å². The van der Waals surface area contributed by atoms with Gasteiger partial charge < -0.3 is 10.4 Å². The Hall–Kier alpha value is -0.780. The van der Waals surface area contributed by atoms with Crippen LogP contribution >= 0.6 is 0 Å². The minimum Gasteiger partial charge on any atom is -0.396 e. The van der Waals surface area contributed by atoms with Crippen LogP contribution in [-0.2, 0) is 4.79 Å². The first-order chi connectivity index (χ1) is 9.15. The average molecular weight is 295 g/mol. The molecule has 6 heteroatoms. The number of hydrogen-bond donors (Lipinski definition) is 2. The van der Waals surface area contributed by atoms with Crippen molar-refractivity contribution in [3.05, 3.63) is 0 Å². The molecule has 0 spiro atoms. The van der Waals surface area contributed by atoms with Gasteiger partial charge in [-0.1, -0.05) is 20.3 Å². The third-order valence-electron chi connectivity index (χ3n) is 4.04. The van der Waals surface area contributed by atoms with Crippen LogP contribution in [0.1, 0.15) is 46.0 Å². The Kier molecular flexibility index (Phi) is 5.86. The van der Waals surface area contributed by atoms with Gasteiger partial charge in [0, 0.05) is 19.1 Å². The highest BCUT2D eigenvalue weighted by Crippen LogP contribution is 2.40. The van der Waals surface area contributed by atoms with E-state index in [1.54, 1.807) is 0 Å². The Morgan fingerprint density at radius 2 is 1.95 bits per heavy atom. The van der Waals surface area contributed by atoms with E-state index in [0.717, 1.165) is 0 Å². The largest absolute Gasteiger partial charge is 0.396 e. The fraction of sp³-hybridized carbons (Fsp3) is 0.929. The summed E-state index contributed by atoms with van der Waals surface area (Å²) < 4.78 is 38.1. The van der Waals surface area contributed by atoms with Crippen molar-refractivity contribution in [1.82, 2.24) is 5.32 Å². The fourth-order valence-electron chi connectivity index (χ4n) is 2.59. The van der Waals surface area contributed by atoms with Crippen LogP contribution in [0.25, 0.3) is 0 Å². The third-order valence-corrected chi connectivity index (χ3v) is 4.04. The number of aliphatic hydroxyl groups is 1. The zero-order valence-electron chi connectivity index (χ0n) is 12.1. The molecule has 2 unspecified atom stereocenters. The second-order valence-corrected chi connectivity index (χ2v) is 6.46. The van der Waals surface area contributed by atoms with Crippen molar-refractivity contribution in [3.8, 4) is 0 Å². The van der Waals surface area contributed by atoms with Gasteiger partial charge >= 0.3 is 6.18 Å². The molecule has 20 heavy (non-hydrogen) atoms. The van der Waals surface area contributed by atoms with Gasteiger partial charge in [-0.15, -0.1) is 0 Å². The van der Waals surface area contributed by atoms with Gasteiger partial charge in [0.05, 0.1) is 5.92 Å². The quantitative estimate of drug-likeness (QED) is 0.819. The lowest BCUT2D eigenvalue weighted by Crippen LogP contribution is -2.41. The third kappa shape index (κ3) is 5.31. The topological polar surface area (TPSA) is 49.3 Å². The number of alkyl halides is 3. The molecule has 0 radical (unpaired) electrons. The number of halogens is 3. The van der Waals surface area contributed by atoms with Gasteiger partial charge in [-0.25, -0.2) is 0 Å². The average Bonchev–Trinajstić information content (AvgIpc) is 2.35. The molecular weight excluding hydrogens is 271 g/mol. The maximum atomic E-state index is 12.7.